The minimum Gasteiger partial charge on any atom is -0.344 e. The van der Waals surface area contributed by atoms with Crippen LogP contribution in [-0.2, 0) is 11.2 Å². The van der Waals surface area contributed by atoms with Gasteiger partial charge in [0.25, 0.3) is 0 Å². The van der Waals surface area contributed by atoms with E-state index in [2.05, 4.69) is 0 Å². The Morgan fingerprint density at radius 3 is 2.39 bits per heavy atom. The molecule has 0 spiro atoms. The fourth-order valence-corrected chi connectivity index (χ4v) is 1.72. The van der Waals surface area contributed by atoms with E-state index < -0.39 is 6.04 Å². The molecule has 1 unspecified atom stereocenters. The second kappa shape index (κ2) is 6.76. The summed E-state index contributed by atoms with van der Waals surface area (Å²) in [6.07, 6.45) is 0.810. The van der Waals surface area contributed by atoms with Crippen LogP contribution < -0.4 is 5.73 Å². The van der Waals surface area contributed by atoms with Gasteiger partial charge in [-0.3, -0.25) is 4.79 Å². The minimum atomic E-state index is -0.416. The molecule has 0 aromatic heterocycles. The van der Waals surface area contributed by atoms with Crippen molar-refractivity contribution in [1.29, 1.82) is 0 Å². The molecule has 3 nitrogen and oxygen atoms in total. The van der Waals surface area contributed by atoms with Gasteiger partial charge in [0.2, 0.25) is 5.91 Å². The molecule has 0 aliphatic rings. The number of halogens is 1. The highest BCUT2D eigenvalue weighted by atomic mass is 35.5. The number of rotatable bonds is 5. The molecule has 0 radical (unpaired) electrons. The first-order chi connectivity index (χ1) is 8.41. The average Bonchev–Trinajstić information content (AvgIpc) is 2.35. The number of hydrogen-bond donors (Lipinski definition) is 1. The molecule has 1 atom stereocenters. The zero-order valence-corrected chi connectivity index (χ0v) is 11.9. The normalized spacial score (nSPS) is 12.6. The Balaban J connectivity index is 2.48. The van der Waals surface area contributed by atoms with Crippen LogP contribution in [-0.4, -0.2) is 30.4 Å². The van der Waals surface area contributed by atoms with Crippen molar-refractivity contribution in [2.45, 2.75) is 26.3 Å². The smallest absolute Gasteiger partial charge is 0.239 e. The van der Waals surface area contributed by atoms with Crippen molar-refractivity contribution in [1.82, 2.24) is 4.90 Å². The third-order valence-corrected chi connectivity index (χ3v) is 3.28. The van der Waals surface area contributed by atoms with Crippen LogP contribution in [0.1, 0.15) is 19.4 Å². The van der Waals surface area contributed by atoms with E-state index in [9.17, 15) is 4.79 Å². The molecule has 0 heterocycles. The first-order valence-corrected chi connectivity index (χ1v) is 6.54. The monoisotopic (exact) mass is 268 g/mol. The third kappa shape index (κ3) is 4.31. The highest BCUT2D eigenvalue weighted by Gasteiger charge is 2.20. The maximum atomic E-state index is 11.9. The SMILES string of the molecule is CC(C)C(N)C(=O)N(C)CCc1ccc(Cl)cc1. The summed E-state index contributed by atoms with van der Waals surface area (Å²) in [7, 11) is 1.79. The van der Waals surface area contributed by atoms with Gasteiger partial charge < -0.3 is 10.6 Å². The predicted molar refractivity (Wildman–Crippen MR) is 75.6 cm³/mol. The van der Waals surface area contributed by atoms with Gasteiger partial charge in [-0.2, -0.15) is 0 Å². The summed E-state index contributed by atoms with van der Waals surface area (Å²) in [6, 6.07) is 7.25. The Kier molecular flexibility index (Phi) is 5.63. The topological polar surface area (TPSA) is 46.3 Å². The van der Waals surface area contributed by atoms with Crippen molar-refractivity contribution in [2.24, 2.45) is 11.7 Å². The molecule has 0 saturated heterocycles. The molecule has 0 bridgehead atoms. The molecule has 1 aromatic rings. The molecule has 100 valence electrons. The van der Waals surface area contributed by atoms with Crippen molar-refractivity contribution in [3.8, 4) is 0 Å². The molecule has 0 aliphatic carbocycles. The van der Waals surface area contributed by atoms with Gasteiger partial charge in [-0.25, -0.2) is 0 Å². The minimum absolute atomic E-state index is 0.000960. The highest BCUT2D eigenvalue weighted by molar-refractivity contribution is 6.30. The summed E-state index contributed by atoms with van der Waals surface area (Å²) in [5.41, 5.74) is 7.01. The summed E-state index contributed by atoms with van der Waals surface area (Å²) >= 11 is 5.82. The molecule has 4 heteroatoms. The fourth-order valence-electron chi connectivity index (χ4n) is 1.60. The van der Waals surface area contributed by atoms with Crippen molar-refractivity contribution in [3.63, 3.8) is 0 Å². The molecular formula is C14H21ClN2O. The summed E-state index contributed by atoms with van der Waals surface area (Å²) < 4.78 is 0. The maximum absolute atomic E-state index is 11.9. The second-order valence-corrected chi connectivity index (χ2v) is 5.34. The van der Waals surface area contributed by atoms with E-state index in [1.807, 2.05) is 38.1 Å². The van der Waals surface area contributed by atoms with Crippen LogP contribution in [0.3, 0.4) is 0 Å². The Labute approximate surface area is 114 Å². The first-order valence-electron chi connectivity index (χ1n) is 6.17. The Morgan fingerprint density at radius 1 is 1.33 bits per heavy atom. The molecular weight excluding hydrogens is 248 g/mol. The van der Waals surface area contributed by atoms with E-state index in [0.717, 1.165) is 17.0 Å². The molecule has 1 rings (SSSR count). The lowest BCUT2D eigenvalue weighted by Gasteiger charge is -2.23. The summed E-state index contributed by atoms with van der Waals surface area (Å²) in [6.45, 7) is 4.58. The van der Waals surface area contributed by atoms with Gasteiger partial charge >= 0.3 is 0 Å². The van der Waals surface area contributed by atoms with Crippen molar-refractivity contribution in [2.75, 3.05) is 13.6 Å². The lowest BCUT2D eigenvalue weighted by Crippen LogP contribution is -2.45. The standard InChI is InChI=1S/C14H21ClN2O/c1-10(2)13(16)14(18)17(3)9-8-11-4-6-12(15)7-5-11/h4-7,10,13H,8-9,16H2,1-3H3. The quantitative estimate of drug-likeness (QED) is 0.891. The number of carbonyl (C=O) groups is 1. The Hall–Kier alpha value is -1.06. The molecule has 1 aromatic carbocycles. The van der Waals surface area contributed by atoms with E-state index in [1.54, 1.807) is 11.9 Å². The number of benzene rings is 1. The lowest BCUT2D eigenvalue weighted by molar-refractivity contribution is -0.132. The van der Waals surface area contributed by atoms with Gasteiger partial charge in [0.1, 0.15) is 0 Å². The average molecular weight is 269 g/mol. The van der Waals surface area contributed by atoms with Gasteiger partial charge in [-0.1, -0.05) is 37.6 Å². The largest absolute Gasteiger partial charge is 0.344 e. The van der Waals surface area contributed by atoms with Crippen LogP contribution in [0.5, 0.6) is 0 Å². The van der Waals surface area contributed by atoms with Gasteiger partial charge in [0.15, 0.2) is 0 Å². The van der Waals surface area contributed by atoms with Crippen LogP contribution >= 0.6 is 11.6 Å². The zero-order chi connectivity index (χ0) is 13.7. The molecule has 2 N–H and O–H groups in total. The van der Waals surface area contributed by atoms with E-state index in [4.69, 9.17) is 17.3 Å². The molecule has 0 fully saturated rings. The van der Waals surface area contributed by atoms with E-state index in [1.165, 1.54) is 0 Å². The molecule has 0 aliphatic heterocycles. The lowest BCUT2D eigenvalue weighted by atomic mass is 10.0. The van der Waals surface area contributed by atoms with Crippen LogP contribution in [0.2, 0.25) is 5.02 Å². The van der Waals surface area contributed by atoms with Crippen molar-refractivity contribution < 1.29 is 4.79 Å². The van der Waals surface area contributed by atoms with Crippen LogP contribution in [0.25, 0.3) is 0 Å². The second-order valence-electron chi connectivity index (χ2n) is 4.91. The Morgan fingerprint density at radius 2 is 1.89 bits per heavy atom. The number of amides is 1. The van der Waals surface area contributed by atoms with E-state index >= 15 is 0 Å². The highest BCUT2D eigenvalue weighted by Crippen LogP contribution is 2.10. The van der Waals surface area contributed by atoms with E-state index in [-0.39, 0.29) is 11.8 Å². The Bertz CT molecular complexity index is 389. The summed E-state index contributed by atoms with van der Waals surface area (Å²) in [5, 5.41) is 0.727. The van der Waals surface area contributed by atoms with Crippen molar-refractivity contribution >= 4 is 17.5 Å². The molecule has 1 amide bonds. The van der Waals surface area contributed by atoms with Crippen LogP contribution in [0, 0.1) is 5.92 Å². The number of carbonyl (C=O) groups excluding carboxylic acids is 1. The third-order valence-electron chi connectivity index (χ3n) is 3.03. The van der Waals surface area contributed by atoms with Crippen LogP contribution in [0.4, 0.5) is 0 Å². The number of nitrogens with zero attached hydrogens (tertiary/aromatic N) is 1. The van der Waals surface area contributed by atoms with Crippen molar-refractivity contribution in [3.05, 3.63) is 34.9 Å². The fraction of sp³-hybridized carbons (Fsp3) is 0.500. The predicted octanol–water partition coefficient (Wildman–Crippen LogP) is 2.32. The summed E-state index contributed by atoms with van der Waals surface area (Å²) in [5.74, 6) is 0.162. The summed E-state index contributed by atoms with van der Waals surface area (Å²) in [4.78, 5) is 13.6. The van der Waals surface area contributed by atoms with E-state index in [0.29, 0.717) is 6.54 Å². The number of likely N-dealkylation sites (N-methyl/N-ethyl adjacent to an activating group) is 1. The van der Waals surface area contributed by atoms with Crippen LogP contribution in [0.15, 0.2) is 24.3 Å². The molecule has 0 saturated carbocycles. The van der Waals surface area contributed by atoms with Gasteiger partial charge in [0.05, 0.1) is 6.04 Å². The number of nitrogens with two attached hydrogens (primary N) is 1. The van der Waals surface area contributed by atoms with Gasteiger partial charge in [-0.15, -0.1) is 0 Å². The van der Waals surface area contributed by atoms with Gasteiger partial charge in [0, 0.05) is 18.6 Å². The van der Waals surface area contributed by atoms with Gasteiger partial charge in [-0.05, 0) is 30.0 Å². The zero-order valence-electron chi connectivity index (χ0n) is 11.2. The first kappa shape index (κ1) is 15.0. The maximum Gasteiger partial charge on any atom is 0.239 e. The number of hydrogen-bond acceptors (Lipinski definition) is 2. The molecule has 18 heavy (non-hydrogen) atoms.